The van der Waals surface area contributed by atoms with E-state index in [4.69, 9.17) is 0 Å². The minimum Gasteiger partial charge on any atom is -0.326 e. The van der Waals surface area contributed by atoms with Gasteiger partial charge in [0.2, 0.25) is 11.8 Å². The molecule has 1 aliphatic carbocycles. The van der Waals surface area contributed by atoms with E-state index in [9.17, 15) is 18.4 Å². The normalized spacial score (nSPS) is 19.0. The summed E-state index contributed by atoms with van der Waals surface area (Å²) in [5.41, 5.74) is 0.840. The number of amides is 2. The number of hydrogen-bond acceptors (Lipinski definition) is 2. The van der Waals surface area contributed by atoms with E-state index in [-0.39, 0.29) is 17.6 Å². The van der Waals surface area contributed by atoms with Gasteiger partial charge in [-0.05, 0) is 48.9 Å². The molecule has 3 rings (SSSR count). The van der Waals surface area contributed by atoms with E-state index in [1.807, 2.05) is 0 Å². The number of nitrogens with one attached hydrogen (secondary N) is 2. The average Bonchev–Trinajstić information content (AvgIpc) is 3.30. The lowest BCUT2D eigenvalue weighted by Gasteiger charge is -2.06. The van der Waals surface area contributed by atoms with Crippen molar-refractivity contribution in [2.45, 2.75) is 6.42 Å². The van der Waals surface area contributed by atoms with Gasteiger partial charge in [0.1, 0.15) is 11.6 Å². The van der Waals surface area contributed by atoms with Crippen LogP contribution in [0.4, 0.5) is 20.2 Å². The second-order valence-corrected chi connectivity index (χ2v) is 5.44. The van der Waals surface area contributed by atoms with Gasteiger partial charge in [0.15, 0.2) is 0 Å². The number of benzene rings is 2. The second kappa shape index (κ2) is 6.16. The molecule has 2 aromatic carbocycles. The molecule has 2 atom stereocenters. The summed E-state index contributed by atoms with van der Waals surface area (Å²) in [6.07, 6.45) is 0.439. The highest BCUT2D eigenvalue weighted by atomic mass is 19.1. The zero-order valence-electron chi connectivity index (χ0n) is 12.1. The summed E-state index contributed by atoms with van der Waals surface area (Å²) >= 11 is 0. The van der Waals surface area contributed by atoms with Crippen LogP contribution < -0.4 is 10.6 Å². The van der Waals surface area contributed by atoms with Gasteiger partial charge in [-0.25, -0.2) is 8.78 Å². The van der Waals surface area contributed by atoms with Crippen molar-refractivity contribution in [3.8, 4) is 0 Å². The lowest BCUT2D eigenvalue weighted by atomic mass is 10.2. The fraction of sp³-hybridized carbons (Fsp3) is 0.176. The molecule has 2 aromatic rings. The number of carbonyl (C=O) groups is 2. The van der Waals surface area contributed by atoms with Crippen LogP contribution in [-0.4, -0.2) is 11.8 Å². The van der Waals surface area contributed by atoms with Crippen molar-refractivity contribution in [1.29, 1.82) is 0 Å². The Morgan fingerprint density at radius 1 is 0.826 bits per heavy atom. The second-order valence-electron chi connectivity index (χ2n) is 5.44. The summed E-state index contributed by atoms with van der Waals surface area (Å²) in [6.45, 7) is 0. The number of rotatable bonds is 4. The molecule has 0 aliphatic heterocycles. The van der Waals surface area contributed by atoms with Crippen molar-refractivity contribution < 1.29 is 18.4 Å². The summed E-state index contributed by atoms with van der Waals surface area (Å²) in [6, 6.07) is 11.0. The van der Waals surface area contributed by atoms with Crippen LogP contribution in [-0.2, 0) is 9.59 Å². The maximum absolute atomic E-state index is 13.1. The lowest BCUT2D eigenvalue weighted by molar-refractivity contribution is -0.122. The molecule has 1 saturated carbocycles. The summed E-state index contributed by atoms with van der Waals surface area (Å²) in [4.78, 5) is 24.1. The summed E-state index contributed by atoms with van der Waals surface area (Å²) in [5.74, 6) is -2.27. The van der Waals surface area contributed by atoms with Crippen LogP contribution in [0.1, 0.15) is 6.42 Å². The molecule has 2 unspecified atom stereocenters. The minimum absolute atomic E-state index is 0.281. The molecule has 0 bridgehead atoms. The fourth-order valence-electron chi connectivity index (χ4n) is 2.34. The van der Waals surface area contributed by atoms with Crippen LogP contribution in [0.2, 0.25) is 0 Å². The zero-order valence-corrected chi connectivity index (χ0v) is 12.1. The molecule has 118 valence electrons. The van der Waals surface area contributed by atoms with Gasteiger partial charge in [-0.3, -0.25) is 9.59 Å². The van der Waals surface area contributed by atoms with Crippen molar-refractivity contribution in [1.82, 2.24) is 0 Å². The van der Waals surface area contributed by atoms with Crippen molar-refractivity contribution >= 4 is 23.2 Å². The maximum atomic E-state index is 13.1. The highest BCUT2D eigenvalue weighted by molar-refractivity contribution is 6.03. The van der Waals surface area contributed by atoms with E-state index < -0.39 is 17.7 Å². The van der Waals surface area contributed by atoms with Crippen LogP contribution in [0.25, 0.3) is 0 Å². The first-order chi connectivity index (χ1) is 11.0. The molecule has 0 spiro atoms. The van der Waals surface area contributed by atoms with Gasteiger partial charge in [0.05, 0.1) is 11.8 Å². The quantitative estimate of drug-likeness (QED) is 0.910. The van der Waals surface area contributed by atoms with Crippen LogP contribution >= 0.6 is 0 Å². The molecule has 6 heteroatoms. The molecule has 2 N–H and O–H groups in total. The third-order valence-electron chi connectivity index (χ3n) is 3.67. The Bertz CT molecular complexity index is 747. The zero-order chi connectivity index (χ0) is 16.4. The van der Waals surface area contributed by atoms with Crippen molar-refractivity contribution in [3.63, 3.8) is 0 Å². The van der Waals surface area contributed by atoms with E-state index in [0.29, 0.717) is 17.8 Å². The summed E-state index contributed by atoms with van der Waals surface area (Å²) in [7, 11) is 0. The number of anilines is 2. The Morgan fingerprint density at radius 2 is 1.43 bits per heavy atom. The first-order valence-electron chi connectivity index (χ1n) is 7.16. The highest BCUT2D eigenvalue weighted by Crippen LogP contribution is 2.40. The van der Waals surface area contributed by atoms with Gasteiger partial charge < -0.3 is 10.6 Å². The molecule has 2 amide bonds. The molecule has 1 fully saturated rings. The van der Waals surface area contributed by atoms with E-state index in [1.165, 1.54) is 42.5 Å². The van der Waals surface area contributed by atoms with E-state index >= 15 is 0 Å². The van der Waals surface area contributed by atoms with Crippen molar-refractivity contribution in [2.24, 2.45) is 11.8 Å². The summed E-state index contributed by atoms with van der Waals surface area (Å²) < 4.78 is 25.9. The molecule has 1 aliphatic rings. The van der Waals surface area contributed by atoms with Crippen LogP contribution in [0.5, 0.6) is 0 Å². The molecule has 0 heterocycles. The Labute approximate surface area is 131 Å². The standard InChI is InChI=1S/C17H14F2N2O2/c18-10-4-6-12(7-5-10)20-16(22)14-9-15(14)17(23)21-13-3-1-2-11(19)8-13/h1-8,14-15H,9H2,(H,20,22)(H,21,23). The monoisotopic (exact) mass is 316 g/mol. The molecule has 0 aromatic heterocycles. The smallest absolute Gasteiger partial charge is 0.228 e. The van der Waals surface area contributed by atoms with Gasteiger partial charge in [-0.1, -0.05) is 6.07 Å². The minimum atomic E-state index is -0.441. The number of halogens is 2. The Kier molecular flexibility index (Phi) is 4.06. The molecule has 0 saturated heterocycles. The van der Waals surface area contributed by atoms with Crippen molar-refractivity contribution in [2.75, 3.05) is 10.6 Å². The van der Waals surface area contributed by atoms with Gasteiger partial charge in [-0.15, -0.1) is 0 Å². The topological polar surface area (TPSA) is 58.2 Å². The van der Waals surface area contributed by atoms with Crippen LogP contribution in [0.3, 0.4) is 0 Å². The third-order valence-corrected chi connectivity index (χ3v) is 3.67. The summed E-state index contributed by atoms with van der Waals surface area (Å²) in [5, 5.41) is 5.24. The number of hydrogen-bond donors (Lipinski definition) is 2. The molecular weight excluding hydrogens is 302 g/mol. The fourth-order valence-corrected chi connectivity index (χ4v) is 2.34. The van der Waals surface area contributed by atoms with Gasteiger partial charge >= 0.3 is 0 Å². The highest BCUT2D eigenvalue weighted by Gasteiger charge is 2.48. The first kappa shape index (κ1) is 15.1. The Morgan fingerprint density at radius 3 is 2.04 bits per heavy atom. The van der Waals surface area contributed by atoms with Crippen LogP contribution in [0.15, 0.2) is 48.5 Å². The molecular formula is C17H14F2N2O2. The predicted octanol–water partition coefficient (Wildman–Crippen LogP) is 3.18. The Balaban J connectivity index is 1.55. The van der Waals surface area contributed by atoms with Crippen molar-refractivity contribution in [3.05, 3.63) is 60.2 Å². The van der Waals surface area contributed by atoms with Gasteiger partial charge in [0.25, 0.3) is 0 Å². The third kappa shape index (κ3) is 3.71. The van der Waals surface area contributed by atoms with E-state index in [1.54, 1.807) is 6.07 Å². The van der Waals surface area contributed by atoms with E-state index in [2.05, 4.69) is 10.6 Å². The number of carbonyl (C=O) groups excluding carboxylic acids is 2. The average molecular weight is 316 g/mol. The van der Waals surface area contributed by atoms with Crippen LogP contribution in [0, 0.1) is 23.5 Å². The predicted molar refractivity (Wildman–Crippen MR) is 81.7 cm³/mol. The maximum Gasteiger partial charge on any atom is 0.228 e. The SMILES string of the molecule is O=C(Nc1ccc(F)cc1)C1CC1C(=O)Nc1cccc(F)c1. The first-order valence-corrected chi connectivity index (χ1v) is 7.16. The largest absolute Gasteiger partial charge is 0.326 e. The van der Waals surface area contributed by atoms with E-state index in [0.717, 1.165) is 0 Å². The van der Waals surface area contributed by atoms with Gasteiger partial charge in [-0.2, -0.15) is 0 Å². The molecule has 0 radical (unpaired) electrons. The Hall–Kier alpha value is -2.76. The lowest BCUT2D eigenvalue weighted by Crippen LogP contribution is -2.20. The van der Waals surface area contributed by atoms with Gasteiger partial charge in [0, 0.05) is 11.4 Å². The molecule has 4 nitrogen and oxygen atoms in total. The molecule has 23 heavy (non-hydrogen) atoms.